The van der Waals surface area contributed by atoms with Gasteiger partial charge < -0.3 is 5.73 Å². The van der Waals surface area contributed by atoms with Crippen LogP contribution >= 0.6 is 0 Å². The van der Waals surface area contributed by atoms with Gasteiger partial charge in [-0.1, -0.05) is 6.92 Å². The molecule has 0 saturated carbocycles. The predicted molar refractivity (Wildman–Crippen MR) is 72.0 cm³/mol. The standard InChI is InChI=1S/C10H17N3O3S2/c1-8(17(2)14)5-6-13-18(15,16)9-3-4-10(11)12-7-9/h3-4,7-8,13H,5-6H2,1-2H3,(H2,11,12). The van der Waals surface area contributed by atoms with Gasteiger partial charge in [0.05, 0.1) is 0 Å². The predicted octanol–water partition coefficient (Wildman–Crippen LogP) is 0.0992. The molecule has 2 unspecified atom stereocenters. The molecular formula is C10H17N3O3S2. The first-order valence-corrected chi connectivity index (χ1v) is 8.47. The van der Waals surface area contributed by atoms with Crippen molar-refractivity contribution < 1.29 is 12.6 Å². The van der Waals surface area contributed by atoms with Gasteiger partial charge in [-0.05, 0) is 18.6 Å². The molecule has 0 bridgehead atoms. The van der Waals surface area contributed by atoms with Crippen molar-refractivity contribution >= 4 is 26.6 Å². The van der Waals surface area contributed by atoms with Gasteiger partial charge in [-0.15, -0.1) is 0 Å². The normalized spacial score (nSPS) is 15.2. The Labute approximate surface area is 110 Å². The van der Waals surface area contributed by atoms with E-state index in [1.54, 1.807) is 6.26 Å². The molecule has 0 saturated heterocycles. The number of aromatic nitrogens is 1. The molecule has 0 spiro atoms. The van der Waals surface area contributed by atoms with Gasteiger partial charge in [0, 0.05) is 35.0 Å². The van der Waals surface area contributed by atoms with Crippen LogP contribution < -0.4 is 10.5 Å². The van der Waals surface area contributed by atoms with E-state index in [9.17, 15) is 12.6 Å². The molecule has 2 atom stereocenters. The van der Waals surface area contributed by atoms with E-state index in [1.807, 2.05) is 6.92 Å². The Bertz CT molecular complexity index is 514. The van der Waals surface area contributed by atoms with Crippen LogP contribution in [0.1, 0.15) is 13.3 Å². The summed E-state index contributed by atoms with van der Waals surface area (Å²) in [5, 5.41) is -0.0442. The van der Waals surface area contributed by atoms with Crippen molar-refractivity contribution in [2.45, 2.75) is 23.5 Å². The van der Waals surface area contributed by atoms with Crippen LogP contribution in [0.25, 0.3) is 0 Å². The van der Waals surface area contributed by atoms with Crippen LogP contribution in [-0.4, -0.2) is 35.7 Å². The van der Waals surface area contributed by atoms with E-state index in [0.29, 0.717) is 6.42 Å². The minimum absolute atomic E-state index is 0.0442. The zero-order chi connectivity index (χ0) is 13.8. The van der Waals surface area contributed by atoms with E-state index in [1.165, 1.54) is 18.3 Å². The summed E-state index contributed by atoms with van der Waals surface area (Å²) in [4.78, 5) is 3.80. The number of pyridine rings is 1. The lowest BCUT2D eigenvalue weighted by atomic mass is 10.3. The van der Waals surface area contributed by atoms with E-state index in [0.717, 1.165) is 0 Å². The molecule has 0 fully saturated rings. The summed E-state index contributed by atoms with van der Waals surface area (Å²) in [5.41, 5.74) is 5.38. The topological polar surface area (TPSA) is 102 Å². The third-order valence-electron chi connectivity index (χ3n) is 2.48. The molecule has 6 nitrogen and oxygen atoms in total. The van der Waals surface area contributed by atoms with E-state index in [-0.39, 0.29) is 22.5 Å². The lowest BCUT2D eigenvalue weighted by Crippen LogP contribution is -2.27. The third kappa shape index (κ3) is 4.35. The SMILES string of the molecule is CC(CCNS(=O)(=O)c1ccc(N)nc1)S(C)=O. The second kappa shape index (κ2) is 6.26. The highest BCUT2D eigenvalue weighted by molar-refractivity contribution is 7.89. The van der Waals surface area contributed by atoms with Crippen LogP contribution in [0.4, 0.5) is 5.82 Å². The van der Waals surface area contributed by atoms with Gasteiger partial charge in [0.25, 0.3) is 0 Å². The Balaban J connectivity index is 2.60. The Morgan fingerprint density at radius 2 is 2.17 bits per heavy atom. The zero-order valence-electron chi connectivity index (χ0n) is 10.3. The maximum absolute atomic E-state index is 11.8. The van der Waals surface area contributed by atoms with Gasteiger partial charge >= 0.3 is 0 Å². The fourth-order valence-corrected chi connectivity index (χ4v) is 2.64. The molecule has 0 aliphatic heterocycles. The molecule has 18 heavy (non-hydrogen) atoms. The summed E-state index contributed by atoms with van der Waals surface area (Å²) in [7, 11) is -4.52. The van der Waals surface area contributed by atoms with Gasteiger partial charge in [0.15, 0.2) is 0 Å². The van der Waals surface area contributed by atoms with Crippen LogP contribution in [0.15, 0.2) is 23.2 Å². The third-order valence-corrected chi connectivity index (χ3v) is 5.29. The van der Waals surface area contributed by atoms with Crippen LogP contribution in [0.2, 0.25) is 0 Å². The highest BCUT2D eigenvalue weighted by Crippen LogP contribution is 2.08. The maximum Gasteiger partial charge on any atom is 0.242 e. The number of nitrogens with zero attached hydrogens (tertiary/aromatic N) is 1. The summed E-state index contributed by atoms with van der Waals surface area (Å²) >= 11 is 0. The van der Waals surface area contributed by atoms with E-state index in [4.69, 9.17) is 5.73 Å². The molecule has 1 aromatic heterocycles. The van der Waals surface area contributed by atoms with Crippen molar-refractivity contribution in [2.75, 3.05) is 18.5 Å². The van der Waals surface area contributed by atoms with Gasteiger partial charge in [-0.25, -0.2) is 18.1 Å². The van der Waals surface area contributed by atoms with Crippen molar-refractivity contribution in [3.05, 3.63) is 18.3 Å². The molecule has 0 aromatic carbocycles. The fraction of sp³-hybridized carbons (Fsp3) is 0.500. The summed E-state index contributed by atoms with van der Waals surface area (Å²) in [5.74, 6) is 0.268. The maximum atomic E-state index is 11.8. The first-order chi connectivity index (χ1) is 8.33. The van der Waals surface area contributed by atoms with Crippen LogP contribution in [0.3, 0.4) is 0 Å². The zero-order valence-corrected chi connectivity index (χ0v) is 11.9. The molecule has 3 N–H and O–H groups in total. The van der Waals surface area contributed by atoms with Gasteiger partial charge in [0.2, 0.25) is 10.0 Å². The Kier molecular flexibility index (Phi) is 5.24. The molecule has 102 valence electrons. The van der Waals surface area contributed by atoms with Gasteiger partial charge in [-0.3, -0.25) is 4.21 Å². The van der Waals surface area contributed by atoms with E-state index < -0.39 is 20.8 Å². The Hall–Kier alpha value is -0.990. The van der Waals surface area contributed by atoms with Crippen LogP contribution in [0, 0.1) is 0 Å². The average molecular weight is 291 g/mol. The molecule has 1 rings (SSSR count). The highest BCUT2D eigenvalue weighted by Gasteiger charge is 2.15. The van der Waals surface area contributed by atoms with E-state index in [2.05, 4.69) is 9.71 Å². The van der Waals surface area contributed by atoms with Crippen molar-refractivity contribution in [3.8, 4) is 0 Å². The summed E-state index contributed by atoms with van der Waals surface area (Å²) in [6.45, 7) is 2.06. The van der Waals surface area contributed by atoms with Gasteiger partial charge in [0.1, 0.15) is 10.7 Å². The lowest BCUT2D eigenvalue weighted by molar-refractivity contribution is 0.577. The largest absolute Gasteiger partial charge is 0.384 e. The molecule has 0 aliphatic rings. The monoisotopic (exact) mass is 291 g/mol. The number of hydrogen-bond donors (Lipinski definition) is 2. The summed E-state index contributed by atoms with van der Waals surface area (Å²) in [6, 6.07) is 2.82. The smallest absolute Gasteiger partial charge is 0.242 e. The molecule has 0 aliphatic carbocycles. The number of anilines is 1. The van der Waals surface area contributed by atoms with E-state index >= 15 is 0 Å². The molecular weight excluding hydrogens is 274 g/mol. The minimum Gasteiger partial charge on any atom is -0.384 e. The first-order valence-electron chi connectivity index (χ1n) is 5.36. The van der Waals surface area contributed by atoms with Crippen molar-refractivity contribution in [1.29, 1.82) is 0 Å². The van der Waals surface area contributed by atoms with Crippen LogP contribution in [0.5, 0.6) is 0 Å². The molecule has 8 heteroatoms. The number of hydrogen-bond acceptors (Lipinski definition) is 5. The highest BCUT2D eigenvalue weighted by atomic mass is 32.2. The number of nitrogen functional groups attached to an aromatic ring is 1. The van der Waals surface area contributed by atoms with Crippen LogP contribution in [-0.2, 0) is 20.8 Å². The van der Waals surface area contributed by atoms with Crippen molar-refractivity contribution in [2.24, 2.45) is 0 Å². The Morgan fingerprint density at radius 3 is 2.67 bits per heavy atom. The lowest BCUT2D eigenvalue weighted by Gasteiger charge is -2.09. The molecule has 1 aromatic rings. The minimum atomic E-state index is -3.57. The first kappa shape index (κ1) is 15.1. The second-order valence-corrected chi connectivity index (χ2v) is 7.48. The van der Waals surface area contributed by atoms with Crippen molar-refractivity contribution in [3.63, 3.8) is 0 Å². The number of sulfonamides is 1. The quantitative estimate of drug-likeness (QED) is 0.774. The average Bonchev–Trinajstić information content (AvgIpc) is 2.29. The summed E-state index contributed by atoms with van der Waals surface area (Å²) < 4.78 is 37.2. The number of nitrogens with two attached hydrogens (primary N) is 1. The van der Waals surface area contributed by atoms with Crippen molar-refractivity contribution in [1.82, 2.24) is 9.71 Å². The fourth-order valence-electron chi connectivity index (χ4n) is 1.20. The Morgan fingerprint density at radius 1 is 1.50 bits per heavy atom. The summed E-state index contributed by atoms with van der Waals surface area (Å²) in [6.07, 6.45) is 3.33. The molecule has 0 radical (unpaired) electrons. The molecule has 0 amide bonds. The second-order valence-electron chi connectivity index (χ2n) is 3.91. The molecule has 1 heterocycles. The number of nitrogens with one attached hydrogen (secondary N) is 1. The van der Waals surface area contributed by atoms with Gasteiger partial charge in [-0.2, -0.15) is 0 Å². The number of rotatable bonds is 6.